The van der Waals surface area contributed by atoms with Crippen molar-refractivity contribution in [2.24, 2.45) is 16.6 Å². The average molecular weight is 470 g/mol. The maximum Gasteiger partial charge on any atom is 0.254 e. The number of hydrogen-bond acceptors (Lipinski definition) is 5. The van der Waals surface area contributed by atoms with E-state index in [-0.39, 0.29) is 22.6 Å². The zero-order valence-electron chi connectivity index (χ0n) is 21.5. The number of nitrogens with one attached hydrogen (secondary N) is 1. The zero-order chi connectivity index (χ0) is 25.5. The number of benzene rings is 2. The Morgan fingerprint density at radius 3 is 2.24 bits per heavy atom. The summed E-state index contributed by atoms with van der Waals surface area (Å²) in [5.41, 5.74) is 7.73. The molecule has 0 aliphatic rings. The maximum absolute atomic E-state index is 13.5. The van der Waals surface area contributed by atoms with E-state index in [1.807, 2.05) is 58.9 Å². The highest BCUT2D eigenvalue weighted by molar-refractivity contribution is 5.95. The molecule has 0 aromatic heterocycles. The lowest BCUT2D eigenvalue weighted by Crippen LogP contribution is -2.41. The van der Waals surface area contributed by atoms with Crippen LogP contribution in [0.2, 0.25) is 0 Å². The van der Waals surface area contributed by atoms with Crippen molar-refractivity contribution in [3.63, 3.8) is 0 Å². The van der Waals surface area contributed by atoms with Crippen LogP contribution < -0.4 is 20.5 Å². The van der Waals surface area contributed by atoms with Crippen LogP contribution in [0.25, 0.3) is 0 Å². The number of methoxy groups -OCH3 is 2. The molecule has 0 fully saturated rings. The molecule has 0 aliphatic heterocycles. The Balaban J connectivity index is 2.30. The van der Waals surface area contributed by atoms with Crippen LogP contribution >= 0.6 is 0 Å². The summed E-state index contributed by atoms with van der Waals surface area (Å²) in [5.74, 6) is 0.887. The molecule has 0 unspecified atom stereocenters. The van der Waals surface area contributed by atoms with Crippen molar-refractivity contribution in [2.75, 3.05) is 32.6 Å². The molecule has 0 radical (unpaired) electrons. The quantitative estimate of drug-likeness (QED) is 0.526. The summed E-state index contributed by atoms with van der Waals surface area (Å²) in [4.78, 5) is 27.7. The highest BCUT2D eigenvalue weighted by Gasteiger charge is 2.26. The van der Waals surface area contributed by atoms with Gasteiger partial charge in [0, 0.05) is 30.8 Å². The number of rotatable bonds is 10. The van der Waals surface area contributed by atoms with Gasteiger partial charge in [0.05, 0.1) is 14.2 Å². The second-order valence-electron chi connectivity index (χ2n) is 10.6. The van der Waals surface area contributed by atoms with Crippen molar-refractivity contribution in [3.05, 3.63) is 53.6 Å². The molecule has 2 aromatic rings. The van der Waals surface area contributed by atoms with Crippen molar-refractivity contribution in [1.82, 2.24) is 4.90 Å². The molecular formula is C27H39N3O4. The Kier molecular flexibility index (Phi) is 9.10. The number of nitrogens with zero attached hydrogens (tertiary/aromatic N) is 1. The fourth-order valence-corrected chi connectivity index (χ4v) is 3.59. The highest BCUT2D eigenvalue weighted by Crippen LogP contribution is 2.29. The minimum Gasteiger partial charge on any atom is -0.493 e. The largest absolute Gasteiger partial charge is 0.493 e. The SMILES string of the molecule is COc1ccc(C(=O)N(Cc2cccc(NC(=O)CC(C)(C)C)c2)CC(C)(C)CN)cc1OC. The average Bonchev–Trinajstić information content (AvgIpc) is 2.76. The fourth-order valence-electron chi connectivity index (χ4n) is 3.59. The number of ether oxygens (including phenoxy) is 2. The highest BCUT2D eigenvalue weighted by atomic mass is 16.5. The van der Waals surface area contributed by atoms with Crippen molar-refractivity contribution >= 4 is 17.5 Å². The van der Waals surface area contributed by atoms with Gasteiger partial charge in [0.15, 0.2) is 11.5 Å². The number of amides is 2. The van der Waals surface area contributed by atoms with Crippen molar-refractivity contribution in [3.8, 4) is 11.5 Å². The second kappa shape index (κ2) is 11.4. The van der Waals surface area contributed by atoms with Gasteiger partial charge in [-0.15, -0.1) is 0 Å². The predicted molar refractivity (Wildman–Crippen MR) is 136 cm³/mol. The first-order chi connectivity index (χ1) is 15.9. The number of anilines is 1. The van der Waals surface area contributed by atoms with Gasteiger partial charge in [-0.25, -0.2) is 0 Å². The molecule has 0 spiro atoms. The zero-order valence-corrected chi connectivity index (χ0v) is 21.5. The predicted octanol–water partition coefficient (Wildman–Crippen LogP) is 4.71. The van der Waals surface area contributed by atoms with Gasteiger partial charge < -0.3 is 25.4 Å². The van der Waals surface area contributed by atoms with E-state index in [1.165, 1.54) is 0 Å². The van der Waals surface area contributed by atoms with Crippen LogP contribution in [0.1, 0.15) is 57.0 Å². The summed E-state index contributed by atoms with van der Waals surface area (Å²) in [7, 11) is 3.10. The lowest BCUT2D eigenvalue weighted by molar-refractivity contribution is -0.117. The van der Waals surface area contributed by atoms with Gasteiger partial charge >= 0.3 is 0 Å². The van der Waals surface area contributed by atoms with Gasteiger partial charge in [0.25, 0.3) is 5.91 Å². The second-order valence-corrected chi connectivity index (χ2v) is 10.6. The van der Waals surface area contributed by atoms with Gasteiger partial charge in [0.1, 0.15) is 0 Å². The van der Waals surface area contributed by atoms with Gasteiger partial charge in [-0.2, -0.15) is 0 Å². The van der Waals surface area contributed by atoms with Crippen LogP contribution in [0.4, 0.5) is 5.69 Å². The summed E-state index contributed by atoms with van der Waals surface area (Å²) >= 11 is 0. The first kappa shape index (κ1) is 27.2. The Morgan fingerprint density at radius 2 is 1.65 bits per heavy atom. The molecule has 2 rings (SSSR count). The van der Waals surface area contributed by atoms with Gasteiger partial charge in [0.2, 0.25) is 5.91 Å². The molecule has 7 nitrogen and oxygen atoms in total. The van der Waals surface area contributed by atoms with Crippen molar-refractivity contribution in [1.29, 1.82) is 0 Å². The molecular weight excluding hydrogens is 430 g/mol. The van der Waals surface area contributed by atoms with Crippen LogP contribution in [-0.4, -0.2) is 44.0 Å². The van der Waals surface area contributed by atoms with Crippen LogP contribution in [-0.2, 0) is 11.3 Å². The summed E-state index contributed by atoms with van der Waals surface area (Å²) in [6.07, 6.45) is 0.422. The van der Waals surface area contributed by atoms with Crippen molar-refractivity contribution < 1.29 is 19.1 Å². The molecule has 0 aliphatic carbocycles. The van der Waals surface area contributed by atoms with E-state index in [9.17, 15) is 9.59 Å². The lowest BCUT2D eigenvalue weighted by Gasteiger charge is -2.32. The minimum absolute atomic E-state index is 0.0350. The summed E-state index contributed by atoms with van der Waals surface area (Å²) in [6, 6.07) is 12.7. The first-order valence-electron chi connectivity index (χ1n) is 11.5. The molecule has 0 bridgehead atoms. The van der Waals surface area contributed by atoms with E-state index in [0.717, 1.165) is 5.56 Å². The van der Waals surface area contributed by atoms with Gasteiger partial charge in [-0.1, -0.05) is 46.8 Å². The van der Waals surface area contributed by atoms with Gasteiger partial charge in [-0.05, 0) is 53.3 Å². The Labute approximate surface area is 203 Å². The van der Waals surface area contributed by atoms with E-state index in [2.05, 4.69) is 5.32 Å². The molecule has 0 saturated heterocycles. The summed E-state index contributed by atoms with van der Waals surface area (Å²) < 4.78 is 10.7. The Hall–Kier alpha value is -3.06. The number of carbonyl (C=O) groups is 2. The molecule has 2 aromatic carbocycles. The normalized spacial score (nSPS) is 11.6. The first-order valence-corrected chi connectivity index (χ1v) is 11.5. The summed E-state index contributed by atoms with van der Waals surface area (Å²) in [6.45, 7) is 11.4. The third-order valence-corrected chi connectivity index (χ3v) is 5.36. The third-order valence-electron chi connectivity index (χ3n) is 5.36. The number of hydrogen-bond donors (Lipinski definition) is 2. The monoisotopic (exact) mass is 469 g/mol. The van der Waals surface area contributed by atoms with Crippen LogP contribution in [0.5, 0.6) is 11.5 Å². The van der Waals surface area contributed by atoms with Gasteiger partial charge in [-0.3, -0.25) is 9.59 Å². The fraction of sp³-hybridized carbons (Fsp3) is 0.481. The summed E-state index contributed by atoms with van der Waals surface area (Å²) in [5, 5.41) is 2.97. The smallest absolute Gasteiger partial charge is 0.254 e. The molecule has 0 atom stereocenters. The van der Waals surface area contributed by atoms with Crippen LogP contribution in [0.15, 0.2) is 42.5 Å². The molecule has 2 amide bonds. The van der Waals surface area contributed by atoms with E-state index < -0.39 is 0 Å². The lowest BCUT2D eigenvalue weighted by atomic mass is 9.92. The molecule has 34 heavy (non-hydrogen) atoms. The number of nitrogens with two attached hydrogens (primary N) is 1. The van der Waals surface area contributed by atoms with E-state index >= 15 is 0 Å². The molecule has 7 heteroatoms. The maximum atomic E-state index is 13.5. The molecule has 3 N–H and O–H groups in total. The van der Waals surface area contributed by atoms with Crippen molar-refractivity contribution in [2.45, 2.75) is 47.6 Å². The standard InChI is InChI=1S/C27H39N3O4/c1-26(2,3)15-24(31)29-21-10-8-9-19(13-21)16-30(18-27(4,5)17-28)25(32)20-11-12-22(33-6)23(14-20)34-7/h8-14H,15-18,28H2,1-7H3,(H,29,31). The third kappa shape index (κ3) is 8.06. The molecule has 0 saturated carbocycles. The topological polar surface area (TPSA) is 93.9 Å². The van der Waals surface area contributed by atoms with E-state index in [1.54, 1.807) is 37.3 Å². The Morgan fingerprint density at radius 1 is 0.971 bits per heavy atom. The number of carbonyl (C=O) groups excluding carboxylic acids is 2. The van der Waals surface area contributed by atoms with E-state index in [4.69, 9.17) is 15.2 Å². The van der Waals surface area contributed by atoms with Crippen LogP contribution in [0, 0.1) is 10.8 Å². The molecule has 186 valence electrons. The van der Waals surface area contributed by atoms with Crippen LogP contribution in [0.3, 0.4) is 0 Å². The van der Waals surface area contributed by atoms with E-state index in [0.29, 0.717) is 48.8 Å². The minimum atomic E-state index is -0.273. The molecule has 0 heterocycles. The Bertz CT molecular complexity index is 996.